The lowest BCUT2D eigenvalue weighted by atomic mass is 10.1. The van der Waals surface area contributed by atoms with Crippen LogP contribution in [0, 0.1) is 5.82 Å². The minimum atomic E-state index is -0.239. The van der Waals surface area contributed by atoms with Gasteiger partial charge in [0.25, 0.3) is 0 Å². The molecule has 1 atom stereocenters. The van der Waals surface area contributed by atoms with Gasteiger partial charge in [0.2, 0.25) is 5.91 Å². The molecular formula is C16H20FNO2. The van der Waals surface area contributed by atoms with Crippen LogP contribution in [0.4, 0.5) is 4.39 Å². The van der Waals surface area contributed by atoms with Gasteiger partial charge in [-0.3, -0.25) is 4.79 Å². The molecule has 1 heterocycles. The lowest BCUT2D eigenvalue weighted by Gasteiger charge is -2.33. The molecule has 1 aliphatic heterocycles. The molecule has 4 heteroatoms. The number of hydrogen-bond acceptors (Lipinski definition) is 2. The number of morpholine rings is 1. The zero-order chi connectivity index (χ0) is 14.4. The van der Waals surface area contributed by atoms with Gasteiger partial charge in [-0.25, -0.2) is 4.39 Å². The summed E-state index contributed by atoms with van der Waals surface area (Å²) in [6, 6.07) is 6.52. The Bertz CT molecular complexity index is 475. The van der Waals surface area contributed by atoms with Crippen molar-refractivity contribution in [2.24, 2.45) is 0 Å². The molecule has 2 rings (SSSR count). The third-order valence-corrected chi connectivity index (χ3v) is 3.41. The van der Waals surface area contributed by atoms with Crippen LogP contribution in [0.15, 0.2) is 36.9 Å². The molecule has 0 saturated carbocycles. The van der Waals surface area contributed by atoms with E-state index in [2.05, 4.69) is 6.58 Å². The van der Waals surface area contributed by atoms with E-state index < -0.39 is 0 Å². The number of amides is 1. The fraction of sp³-hybridized carbons (Fsp3) is 0.438. The molecule has 1 aromatic carbocycles. The van der Waals surface area contributed by atoms with Crippen molar-refractivity contribution in [3.8, 4) is 0 Å². The molecule has 1 aromatic rings. The highest BCUT2D eigenvalue weighted by Crippen LogP contribution is 2.14. The van der Waals surface area contributed by atoms with Crippen LogP contribution in [0.25, 0.3) is 0 Å². The maximum Gasteiger partial charge on any atom is 0.223 e. The fourth-order valence-corrected chi connectivity index (χ4v) is 2.38. The maximum absolute atomic E-state index is 13.2. The van der Waals surface area contributed by atoms with E-state index in [1.54, 1.807) is 12.1 Å². The quantitative estimate of drug-likeness (QED) is 0.774. The van der Waals surface area contributed by atoms with Gasteiger partial charge in [-0.15, -0.1) is 6.58 Å². The van der Waals surface area contributed by atoms with Crippen LogP contribution in [0.1, 0.15) is 18.4 Å². The van der Waals surface area contributed by atoms with Gasteiger partial charge in [0.05, 0.1) is 12.7 Å². The number of rotatable bonds is 5. The molecular weight excluding hydrogens is 257 g/mol. The predicted octanol–water partition coefficient (Wildman–Crippen LogP) is 2.56. The van der Waals surface area contributed by atoms with E-state index in [1.165, 1.54) is 12.1 Å². The summed E-state index contributed by atoms with van der Waals surface area (Å²) >= 11 is 0. The zero-order valence-electron chi connectivity index (χ0n) is 11.6. The highest BCUT2D eigenvalue weighted by Gasteiger charge is 2.23. The molecule has 20 heavy (non-hydrogen) atoms. The van der Waals surface area contributed by atoms with Gasteiger partial charge in [0.15, 0.2) is 0 Å². The van der Waals surface area contributed by atoms with Crippen molar-refractivity contribution in [3.05, 3.63) is 48.3 Å². The maximum atomic E-state index is 13.2. The van der Waals surface area contributed by atoms with Crippen LogP contribution >= 0.6 is 0 Å². The Hall–Kier alpha value is -1.68. The summed E-state index contributed by atoms with van der Waals surface area (Å²) in [7, 11) is 0. The number of carbonyl (C=O) groups excluding carboxylic acids is 1. The average molecular weight is 277 g/mol. The Morgan fingerprint density at radius 2 is 2.40 bits per heavy atom. The minimum absolute atomic E-state index is 0.0572. The Morgan fingerprint density at radius 1 is 1.55 bits per heavy atom. The molecule has 3 nitrogen and oxygen atoms in total. The summed E-state index contributed by atoms with van der Waals surface area (Å²) in [5.74, 6) is -0.102. The van der Waals surface area contributed by atoms with Crippen molar-refractivity contribution in [1.82, 2.24) is 4.90 Å². The molecule has 0 aliphatic carbocycles. The van der Waals surface area contributed by atoms with Crippen molar-refractivity contribution in [2.75, 3.05) is 19.7 Å². The molecule has 108 valence electrons. The lowest BCUT2D eigenvalue weighted by molar-refractivity contribution is -0.138. The van der Waals surface area contributed by atoms with E-state index in [1.807, 2.05) is 11.0 Å². The van der Waals surface area contributed by atoms with Gasteiger partial charge in [-0.1, -0.05) is 18.2 Å². The third-order valence-electron chi connectivity index (χ3n) is 3.41. The van der Waals surface area contributed by atoms with Crippen molar-refractivity contribution < 1.29 is 13.9 Å². The van der Waals surface area contributed by atoms with Crippen molar-refractivity contribution in [3.63, 3.8) is 0 Å². The van der Waals surface area contributed by atoms with Crippen LogP contribution in [-0.2, 0) is 16.0 Å². The number of allylic oxidation sites excluding steroid dienone is 1. The Kier molecular flexibility index (Phi) is 5.30. The molecule has 0 N–H and O–H groups in total. The Balaban J connectivity index is 1.90. The summed E-state index contributed by atoms with van der Waals surface area (Å²) in [5.41, 5.74) is 0.899. The van der Waals surface area contributed by atoms with E-state index in [-0.39, 0.29) is 17.8 Å². The summed E-state index contributed by atoms with van der Waals surface area (Å²) in [4.78, 5) is 13.8. The predicted molar refractivity (Wildman–Crippen MR) is 75.9 cm³/mol. The lowest BCUT2D eigenvalue weighted by Crippen LogP contribution is -2.46. The second kappa shape index (κ2) is 7.20. The van der Waals surface area contributed by atoms with Crippen LogP contribution in [0.5, 0.6) is 0 Å². The smallest absolute Gasteiger partial charge is 0.223 e. The fourth-order valence-electron chi connectivity index (χ4n) is 2.38. The first kappa shape index (κ1) is 14.7. The zero-order valence-corrected chi connectivity index (χ0v) is 11.6. The molecule has 0 aromatic heterocycles. The van der Waals surface area contributed by atoms with Crippen LogP contribution < -0.4 is 0 Å². The average Bonchev–Trinajstić information content (AvgIpc) is 2.45. The minimum Gasteiger partial charge on any atom is -0.374 e. The van der Waals surface area contributed by atoms with Gasteiger partial charge in [0, 0.05) is 25.9 Å². The van der Waals surface area contributed by atoms with Gasteiger partial charge >= 0.3 is 0 Å². The summed E-state index contributed by atoms with van der Waals surface area (Å²) in [6.07, 6.45) is 3.52. The van der Waals surface area contributed by atoms with Gasteiger partial charge in [-0.2, -0.15) is 0 Å². The topological polar surface area (TPSA) is 29.5 Å². The first-order valence-electron chi connectivity index (χ1n) is 6.94. The highest BCUT2D eigenvalue weighted by atomic mass is 19.1. The first-order chi connectivity index (χ1) is 9.69. The standard InChI is InChI=1S/C16H20FNO2/c1-2-3-7-16(19)18-8-9-20-15(12-18)11-13-5-4-6-14(17)10-13/h2,4-6,10,15H,1,3,7-9,11-12H2/t15-/m0/s1. The van der Waals surface area contributed by atoms with Crippen molar-refractivity contribution in [1.29, 1.82) is 0 Å². The number of nitrogens with zero attached hydrogens (tertiary/aromatic N) is 1. The SMILES string of the molecule is C=CCCC(=O)N1CCO[C@@H](Cc2cccc(F)c2)C1. The van der Waals surface area contributed by atoms with Crippen molar-refractivity contribution in [2.45, 2.75) is 25.4 Å². The Morgan fingerprint density at radius 3 is 3.15 bits per heavy atom. The van der Waals surface area contributed by atoms with E-state index >= 15 is 0 Å². The van der Waals surface area contributed by atoms with Gasteiger partial charge in [0.1, 0.15) is 5.82 Å². The van der Waals surface area contributed by atoms with Crippen LogP contribution in [0.3, 0.4) is 0 Å². The molecule has 1 fully saturated rings. The van der Waals surface area contributed by atoms with E-state index in [9.17, 15) is 9.18 Å². The molecule has 0 unspecified atom stereocenters. The molecule has 1 amide bonds. The van der Waals surface area contributed by atoms with Crippen molar-refractivity contribution >= 4 is 5.91 Å². The number of benzene rings is 1. The monoisotopic (exact) mass is 277 g/mol. The number of halogens is 1. The van der Waals surface area contributed by atoms with E-state index in [0.29, 0.717) is 39.0 Å². The van der Waals surface area contributed by atoms with Gasteiger partial charge < -0.3 is 9.64 Å². The molecule has 0 radical (unpaired) electrons. The largest absolute Gasteiger partial charge is 0.374 e. The van der Waals surface area contributed by atoms with Gasteiger partial charge in [-0.05, 0) is 24.1 Å². The van der Waals surface area contributed by atoms with Crippen LogP contribution in [0.2, 0.25) is 0 Å². The number of hydrogen-bond donors (Lipinski definition) is 0. The second-order valence-electron chi connectivity index (χ2n) is 4.99. The second-order valence-corrected chi connectivity index (χ2v) is 4.99. The third kappa shape index (κ3) is 4.17. The summed E-state index contributed by atoms with van der Waals surface area (Å²) in [6.45, 7) is 5.38. The molecule has 1 aliphatic rings. The summed E-state index contributed by atoms with van der Waals surface area (Å²) < 4.78 is 18.8. The number of ether oxygens (including phenoxy) is 1. The highest BCUT2D eigenvalue weighted by molar-refractivity contribution is 5.76. The molecule has 1 saturated heterocycles. The van der Waals surface area contributed by atoms with Crippen LogP contribution in [-0.4, -0.2) is 36.6 Å². The normalized spacial score (nSPS) is 18.9. The number of carbonyl (C=O) groups is 1. The summed E-state index contributed by atoms with van der Waals surface area (Å²) in [5, 5.41) is 0. The first-order valence-corrected chi connectivity index (χ1v) is 6.94. The molecule has 0 bridgehead atoms. The van der Waals surface area contributed by atoms with E-state index in [0.717, 1.165) is 5.56 Å². The van der Waals surface area contributed by atoms with E-state index in [4.69, 9.17) is 4.74 Å². The Labute approximate surface area is 119 Å². The molecule has 0 spiro atoms.